The standard InChI is InChI=1S/C19H24N4O3S/c1-13-7-8-14(12-20)17(23-13)27-16(15-9-11-22-26-15)6-5-10-21-18(24)25-19(2,3)4/h7-9,11,16H,5-6,10H2,1-4H3,(H,21,24). The molecule has 1 unspecified atom stereocenters. The molecule has 0 aliphatic heterocycles. The summed E-state index contributed by atoms with van der Waals surface area (Å²) in [6.45, 7) is 7.84. The van der Waals surface area contributed by atoms with Gasteiger partial charge in [-0.25, -0.2) is 9.78 Å². The SMILES string of the molecule is Cc1ccc(C#N)c(SC(CCCNC(=O)OC(C)(C)C)c2ccno2)n1. The van der Waals surface area contributed by atoms with Gasteiger partial charge in [0, 0.05) is 18.3 Å². The fourth-order valence-electron chi connectivity index (χ4n) is 2.29. The van der Waals surface area contributed by atoms with E-state index in [9.17, 15) is 10.1 Å². The number of nitriles is 1. The number of carbonyl (C=O) groups is 1. The van der Waals surface area contributed by atoms with Gasteiger partial charge in [0.05, 0.1) is 17.0 Å². The Morgan fingerprint density at radius 3 is 2.81 bits per heavy atom. The summed E-state index contributed by atoms with van der Waals surface area (Å²) in [5.74, 6) is 0.712. The Hall–Kier alpha value is -2.53. The zero-order valence-electron chi connectivity index (χ0n) is 16.0. The number of ether oxygens (including phenoxy) is 1. The Bertz CT molecular complexity index is 794. The highest BCUT2D eigenvalue weighted by Crippen LogP contribution is 2.39. The molecule has 8 heteroatoms. The van der Waals surface area contributed by atoms with E-state index >= 15 is 0 Å². The molecule has 0 aromatic carbocycles. The smallest absolute Gasteiger partial charge is 0.407 e. The summed E-state index contributed by atoms with van der Waals surface area (Å²) in [4.78, 5) is 16.2. The lowest BCUT2D eigenvalue weighted by Gasteiger charge is -2.20. The van der Waals surface area contributed by atoms with Crippen molar-refractivity contribution in [2.75, 3.05) is 6.54 Å². The Kier molecular flexibility index (Phi) is 7.25. The monoisotopic (exact) mass is 388 g/mol. The van der Waals surface area contributed by atoms with Gasteiger partial charge in [-0.3, -0.25) is 0 Å². The summed E-state index contributed by atoms with van der Waals surface area (Å²) >= 11 is 1.47. The molecule has 1 N–H and O–H groups in total. The predicted octanol–water partition coefficient (Wildman–Crippen LogP) is 4.39. The van der Waals surface area contributed by atoms with Crippen LogP contribution in [0.4, 0.5) is 4.79 Å². The Morgan fingerprint density at radius 1 is 1.41 bits per heavy atom. The van der Waals surface area contributed by atoms with Crippen LogP contribution in [0.3, 0.4) is 0 Å². The lowest BCUT2D eigenvalue weighted by atomic mass is 10.2. The summed E-state index contributed by atoms with van der Waals surface area (Å²) in [6.07, 6.45) is 2.59. The van der Waals surface area contributed by atoms with Gasteiger partial charge in [0.1, 0.15) is 22.5 Å². The number of aromatic nitrogens is 2. The minimum atomic E-state index is -0.521. The summed E-state index contributed by atoms with van der Waals surface area (Å²) in [7, 11) is 0. The number of amides is 1. The topological polar surface area (TPSA) is 101 Å². The third kappa shape index (κ3) is 6.94. The molecular formula is C19H24N4O3S. The number of alkyl carbamates (subject to hydrolysis) is 1. The Labute approximate surface area is 163 Å². The molecule has 0 aliphatic carbocycles. The van der Waals surface area contributed by atoms with Crippen molar-refractivity contribution in [3.8, 4) is 6.07 Å². The molecule has 2 aromatic heterocycles. The minimum absolute atomic E-state index is 0.0608. The molecule has 0 aliphatic rings. The maximum absolute atomic E-state index is 11.7. The first-order chi connectivity index (χ1) is 12.8. The lowest BCUT2D eigenvalue weighted by Crippen LogP contribution is -2.33. The maximum Gasteiger partial charge on any atom is 0.407 e. The van der Waals surface area contributed by atoms with E-state index in [1.807, 2.05) is 33.8 Å². The number of pyridine rings is 1. The van der Waals surface area contributed by atoms with Gasteiger partial charge in [0.2, 0.25) is 0 Å². The van der Waals surface area contributed by atoms with E-state index < -0.39 is 11.7 Å². The van der Waals surface area contributed by atoms with Gasteiger partial charge in [0.25, 0.3) is 0 Å². The summed E-state index contributed by atoms with van der Waals surface area (Å²) < 4.78 is 10.5. The van der Waals surface area contributed by atoms with Crippen LogP contribution < -0.4 is 5.32 Å². The van der Waals surface area contributed by atoms with Crippen LogP contribution in [0, 0.1) is 18.3 Å². The van der Waals surface area contributed by atoms with Crippen molar-refractivity contribution in [1.82, 2.24) is 15.5 Å². The fourth-order valence-corrected chi connectivity index (χ4v) is 3.51. The summed E-state index contributed by atoms with van der Waals surface area (Å²) in [5, 5.41) is 16.5. The van der Waals surface area contributed by atoms with Crippen LogP contribution >= 0.6 is 11.8 Å². The van der Waals surface area contributed by atoms with Crippen molar-refractivity contribution in [3.63, 3.8) is 0 Å². The first-order valence-corrected chi connectivity index (χ1v) is 9.58. The van der Waals surface area contributed by atoms with Gasteiger partial charge in [-0.05, 0) is 52.7 Å². The van der Waals surface area contributed by atoms with Crippen molar-refractivity contribution < 1.29 is 14.1 Å². The van der Waals surface area contributed by atoms with E-state index in [1.165, 1.54) is 11.8 Å². The summed E-state index contributed by atoms with van der Waals surface area (Å²) in [5.41, 5.74) is 0.855. The molecule has 0 fully saturated rings. The van der Waals surface area contributed by atoms with E-state index in [2.05, 4.69) is 21.5 Å². The molecule has 7 nitrogen and oxygen atoms in total. The predicted molar refractivity (Wildman–Crippen MR) is 102 cm³/mol. The largest absolute Gasteiger partial charge is 0.444 e. The molecule has 0 bridgehead atoms. The molecule has 0 saturated carbocycles. The molecule has 2 heterocycles. The van der Waals surface area contributed by atoms with Crippen LogP contribution in [-0.4, -0.2) is 28.4 Å². The van der Waals surface area contributed by atoms with Crippen LogP contribution in [-0.2, 0) is 4.74 Å². The van der Waals surface area contributed by atoms with Crippen LogP contribution in [0.2, 0.25) is 0 Å². The van der Waals surface area contributed by atoms with Gasteiger partial charge < -0.3 is 14.6 Å². The van der Waals surface area contributed by atoms with Crippen LogP contribution in [0.1, 0.15) is 55.9 Å². The lowest BCUT2D eigenvalue weighted by molar-refractivity contribution is 0.0527. The van der Waals surface area contributed by atoms with Crippen molar-refractivity contribution in [3.05, 3.63) is 41.4 Å². The molecule has 2 rings (SSSR count). The van der Waals surface area contributed by atoms with Gasteiger partial charge in [-0.2, -0.15) is 5.26 Å². The van der Waals surface area contributed by atoms with Crippen molar-refractivity contribution >= 4 is 17.9 Å². The van der Waals surface area contributed by atoms with Gasteiger partial charge >= 0.3 is 6.09 Å². The van der Waals surface area contributed by atoms with Gasteiger partial charge in [0.15, 0.2) is 0 Å². The number of hydrogen-bond donors (Lipinski definition) is 1. The van der Waals surface area contributed by atoms with Gasteiger partial charge in [-0.15, -0.1) is 0 Å². The molecule has 1 atom stereocenters. The van der Waals surface area contributed by atoms with Crippen molar-refractivity contribution in [2.45, 2.75) is 56.4 Å². The first kappa shape index (κ1) is 20.8. The average molecular weight is 388 g/mol. The number of thioether (sulfide) groups is 1. The Morgan fingerprint density at radius 2 is 2.19 bits per heavy atom. The highest BCUT2D eigenvalue weighted by atomic mass is 32.2. The van der Waals surface area contributed by atoms with E-state index in [-0.39, 0.29) is 5.25 Å². The minimum Gasteiger partial charge on any atom is -0.444 e. The highest BCUT2D eigenvalue weighted by Gasteiger charge is 2.20. The number of rotatable bonds is 7. The second-order valence-electron chi connectivity index (χ2n) is 7.01. The Balaban J connectivity index is 1.98. The van der Waals surface area contributed by atoms with E-state index in [0.29, 0.717) is 29.3 Å². The zero-order chi connectivity index (χ0) is 19.9. The summed E-state index contributed by atoms with van der Waals surface area (Å²) in [6, 6.07) is 7.57. The quantitative estimate of drug-likeness (QED) is 0.554. The molecule has 1 amide bonds. The molecule has 27 heavy (non-hydrogen) atoms. The zero-order valence-corrected chi connectivity index (χ0v) is 16.8. The van der Waals surface area contributed by atoms with E-state index in [1.54, 1.807) is 18.3 Å². The highest BCUT2D eigenvalue weighted by molar-refractivity contribution is 7.99. The van der Waals surface area contributed by atoms with Crippen molar-refractivity contribution in [2.24, 2.45) is 0 Å². The van der Waals surface area contributed by atoms with Crippen molar-refractivity contribution in [1.29, 1.82) is 5.26 Å². The second kappa shape index (κ2) is 9.42. The number of aryl methyl sites for hydroxylation is 1. The number of hydrogen-bond acceptors (Lipinski definition) is 7. The number of carbonyl (C=O) groups excluding carboxylic acids is 1. The maximum atomic E-state index is 11.7. The molecule has 0 radical (unpaired) electrons. The van der Waals surface area contributed by atoms with Crippen LogP contribution in [0.25, 0.3) is 0 Å². The third-order valence-electron chi connectivity index (χ3n) is 3.46. The molecular weight excluding hydrogens is 364 g/mol. The fraction of sp³-hybridized carbons (Fsp3) is 0.474. The molecule has 0 spiro atoms. The number of nitrogens with zero attached hydrogens (tertiary/aromatic N) is 3. The first-order valence-electron chi connectivity index (χ1n) is 8.70. The number of nitrogens with one attached hydrogen (secondary N) is 1. The van der Waals surface area contributed by atoms with E-state index in [0.717, 1.165) is 12.1 Å². The average Bonchev–Trinajstić information content (AvgIpc) is 3.10. The van der Waals surface area contributed by atoms with Crippen LogP contribution in [0.15, 0.2) is 33.9 Å². The van der Waals surface area contributed by atoms with E-state index in [4.69, 9.17) is 9.26 Å². The van der Waals surface area contributed by atoms with Crippen LogP contribution in [0.5, 0.6) is 0 Å². The molecule has 144 valence electrons. The normalized spacial score (nSPS) is 12.3. The molecule has 0 saturated heterocycles. The molecule has 2 aromatic rings. The second-order valence-corrected chi connectivity index (χ2v) is 8.20. The third-order valence-corrected chi connectivity index (χ3v) is 4.75. The van der Waals surface area contributed by atoms with Gasteiger partial charge in [-0.1, -0.05) is 16.9 Å².